The molecule has 11 aromatic rings. The number of rotatable bonds is 5. The second kappa shape index (κ2) is 12.8. The summed E-state index contributed by atoms with van der Waals surface area (Å²) in [6.45, 7) is 4.72. The number of fused-ring (bicyclic) bond motifs is 12. The third-order valence-corrected chi connectivity index (χ3v) is 12.8. The van der Waals surface area contributed by atoms with E-state index in [1.165, 1.54) is 60.3 Å². The summed E-state index contributed by atoms with van der Waals surface area (Å²) in [4.78, 5) is 2.47. The van der Waals surface area contributed by atoms with Crippen LogP contribution in [-0.2, 0) is 5.41 Å². The van der Waals surface area contributed by atoms with Gasteiger partial charge < -0.3 is 9.32 Å². The molecule has 0 atom stereocenters. The zero-order valence-electron chi connectivity index (χ0n) is 32.9. The van der Waals surface area contributed by atoms with Crippen LogP contribution in [0.3, 0.4) is 0 Å². The molecule has 59 heavy (non-hydrogen) atoms. The van der Waals surface area contributed by atoms with Crippen molar-refractivity contribution in [1.82, 2.24) is 0 Å². The van der Waals surface area contributed by atoms with Gasteiger partial charge in [-0.25, -0.2) is 0 Å². The molecule has 0 amide bonds. The van der Waals surface area contributed by atoms with E-state index in [-0.39, 0.29) is 5.41 Å². The highest BCUT2D eigenvalue weighted by Crippen LogP contribution is 2.52. The maximum Gasteiger partial charge on any atom is 0.143 e. The Labute approximate surface area is 343 Å². The maximum absolute atomic E-state index is 7.04. The summed E-state index contributed by atoms with van der Waals surface area (Å²) in [7, 11) is 0. The van der Waals surface area contributed by atoms with Crippen LogP contribution in [0.25, 0.3) is 87.6 Å². The highest BCUT2D eigenvalue weighted by Gasteiger charge is 2.36. The first kappa shape index (κ1) is 33.7. The first-order valence-electron chi connectivity index (χ1n) is 20.5. The normalized spacial score (nSPS) is 13.1. The molecule has 1 heterocycles. The van der Waals surface area contributed by atoms with Gasteiger partial charge in [0.1, 0.15) is 11.2 Å². The lowest BCUT2D eigenvalue weighted by molar-refractivity contribution is 0.660. The van der Waals surface area contributed by atoms with Gasteiger partial charge in [0, 0.05) is 38.5 Å². The predicted molar refractivity (Wildman–Crippen MR) is 249 cm³/mol. The molecular formula is C57H39NO. The van der Waals surface area contributed by atoms with Crippen LogP contribution in [0.15, 0.2) is 205 Å². The minimum Gasteiger partial charge on any atom is -0.455 e. The Bertz CT molecular complexity index is 3460. The fourth-order valence-corrected chi connectivity index (χ4v) is 9.91. The molecular weight excluding hydrogens is 715 g/mol. The molecule has 0 N–H and O–H groups in total. The lowest BCUT2D eigenvalue weighted by atomic mass is 9.82. The Morgan fingerprint density at radius 1 is 0.390 bits per heavy atom. The molecule has 0 bridgehead atoms. The van der Waals surface area contributed by atoms with E-state index in [2.05, 4.69) is 219 Å². The second-order valence-corrected chi connectivity index (χ2v) is 16.5. The van der Waals surface area contributed by atoms with E-state index >= 15 is 0 Å². The average molecular weight is 754 g/mol. The monoisotopic (exact) mass is 753 g/mol. The van der Waals surface area contributed by atoms with Crippen molar-refractivity contribution in [2.45, 2.75) is 19.3 Å². The third kappa shape index (κ3) is 5.13. The van der Waals surface area contributed by atoms with Gasteiger partial charge in [0.15, 0.2) is 0 Å². The number of anilines is 3. The molecule has 2 heteroatoms. The minimum atomic E-state index is -0.156. The van der Waals surface area contributed by atoms with Crippen LogP contribution in [0.1, 0.15) is 25.0 Å². The summed E-state index contributed by atoms with van der Waals surface area (Å²) in [5.74, 6) is 0. The zero-order valence-corrected chi connectivity index (χ0v) is 32.9. The lowest BCUT2D eigenvalue weighted by Gasteiger charge is -2.30. The summed E-state index contributed by atoms with van der Waals surface area (Å²) < 4.78 is 7.04. The van der Waals surface area contributed by atoms with Crippen LogP contribution >= 0.6 is 0 Å². The van der Waals surface area contributed by atoms with Gasteiger partial charge in [0.05, 0.1) is 5.69 Å². The van der Waals surface area contributed by atoms with Crippen molar-refractivity contribution < 1.29 is 4.42 Å². The van der Waals surface area contributed by atoms with Gasteiger partial charge in [-0.15, -0.1) is 0 Å². The van der Waals surface area contributed by atoms with Gasteiger partial charge in [-0.2, -0.15) is 0 Å². The molecule has 0 saturated heterocycles. The summed E-state index contributed by atoms with van der Waals surface area (Å²) in [6, 6.07) is 73.2. The van der Waals surface area contributed by atoms with Crippen molar-refractivity contribution in [3.8, 4) is 33.4 Å². The Hall–Kier alpha value is -7.42. The van der Waals surface area contributed by atoms with E-state index in [0.717, 1.165) is 55.5 Å². The molecule has 1 aliphatic rings. The van der Waals surface area contributed by atoms with E-state index in [0.29, 0.717) is 0 Å². The number of nitrogens with zero attached hydrogens (tertiary/aromatic N) is 1. The molecule has 2 nitrogen and oxygen atoms in total. The van der Waals surface area contributed by atoms with E-state index < -0.39 is 0 Å². The van der Waals surface area contributed by atoms with Gasteiger partial charge >= 0.3 is 0 Å². The number of hydrogen-bond acceptors (Lipinski definition) is 2. The molecule has 1 aromatic heterocycles. The molecule has 0 radical (unpaired) electrons. The number of benzene rings is 10. The highest BCUT2D eigenvalue weighted by atomic mass is 16.3. The van der Waals surface area contributed by atoms with E-state index in [9.17, 15) is 0 Å². The lowest BCUT2D eigenvalue weighted by Crippen LogP contribution is -2.17. The van der Waals surface area contributed by atoms with Crippen LogP contribution in [-0.4, -0.2) is 0 Å². The molecule has 0 spiro atoms. The maximum atomic E-state index is 7.04. The largest absolute Gasteiger partial charge is 0.455 e. The molecule has 0 aliphatic heterocycles. The van der Waals surface area contributed by atoms with Crippen LogP contribution in [0.4, 0.5) is 17.1 Å². The van der Waals surface area contributed by atoms with Crippen LogP contribution < -0.4 is 4.90 Å². The highest BCUT2D eigenvalue weighted by molar-refractivity contribution is 6.30. The average Bonchev–Trinajstić information content (AvgIpc) is 3.78. The van der Waals surface area contributed by atoms with Crippen LogP contribution in [0.2, 0.25) is 0 Å². The first-order chi connectivity index (χ1) is 29.0. The van der Waals surface area contributed by atoms with Crippen molar-refractivity contribution in [2.75, 3.05) is 4.90 Å². The fourth-order valence-electron chi connectivity index (χ4n) is 9.91. The predicted octanol–water partition coefficient (Wildman–Crippen LogP) is 16.2. The molecule has 0 fully saturated rings. The van der Waals surface area contributed by atoms with Crippen molar-refractivity contribution in [3.05, 3.63) is 211 Å². The SMILES string of the molecule is CC1(C)c2ccccc2-c2ccc(N(c3ccc(-c4ccccc4)cc3)c3cc4c(cc3-c3ccc5ccccc5c3)oc3c5ccccc5c5ccccc5c43)cc21. The van der Waals surface area contributed by atoms with E-state index in [4.69, 9.17) is 4.42 Å². The Kier molecular flexibility index (Phi) is 7.31. The van der Waals surface area contributed by atoms with E-state index in [1.54, 1.807) is 0 Å². The van der Waals surface area contributed by atoms with E-state index in [1.807, 2.05) is 0 Å². The first-order valence-corrected chi connectivity index (χ1v) is 20.5. The van der Waals surface area contributed by atoms with Crippen molar-refractivity contribution in [2.24, 2.45) is 0 Å². The summed E-state index contributed by atoms with van der Waals surface area (Å²) >= 11 is 0. The summed E-state index contributed by atoms with van der Waals surface area (Å²) in [5.41, 5.74) is 14.9. The van der Waals surface area contributed by atoms with Gasteiger partial charge in [-0.05, 0) is 108 Å². The zero-order chi connectivity index (χ0) is 39.2. The topological polar surface area (TPSA) is 16.4 Å². The molecule has 278 valence electrons. The van der Waals surface area contributed by atoms with Gasteiger partial charge in [0.2, 0.25) is 0 Å². The van der Waals surface area contributed by atoms with Crippen LogP contribution in [0, 0.1) is 0 Å². The Morgan fingerprint density at radius 2 is 1.00 bits per heavy atom. The van der Waals surface area contributed by atoms with Crippen LogP contribution in [0.5, 0.6) is 0 Å². The van der Waals surface area contributed by atoms with Crippen molar-refractivity contribution in [1.29, 1.82) is 0 Å². The van der Waals surface area contributed by atoms with Gasteiger partial charge in [-0.3, -0.25) is 0 Å². The third-order valence-electron chi connectivity index (χ3n) is 12.8. The molecule has 10 aromatic carbocycles. The Morgan fingerprint density at radius 3 is 1.81 bits per heavy atom. The van der Waals surface area contributed by atoms with Gasteiger partial charge in [0.25, 0.3) is 0 Å². The molecule has 12 rings (SSSR count). The number of furan rings is 1. The summed E-state index contributed by atoms with van der Waals surface area (Å²) in [5, 5.41) is 9.41. The molecule has 0 saturated carbocycles. The van der Waals surface area contributed by atoms with Crippen molar-refractivity contribution in [3.63, 3.8) is 0 Å². The van der Waals surface area contributed by atoms with Gasteiger partial charge in [-0.1, -0.05) is 172 Å². The number of hydrogen-bond donors (Lipinski definition) is 0. The Balaban J connectivity index is 1.18. The second-order valence-electron chi connectivity index (χ2n) is 16.5. The minimum absolute atomic E-state index is 0.156. The molecule has 0 unspecified atom stereocenters. The van der Waals surface area contributed by atoms with Crippen molar-refractivity contribution >= 4 is 71.3 Å². The standard InChI is InChI=1S/C57H39NO/c1-57(2)51-23-13-12-20-45(51)46-31-30-42(33-52(46)57)58(41-28-26-38(27-29-41)36-14-4-3-5-15-36)53-34-50-54(35-49(53)40-25-24-37-16-6-7-17-39(37)32-40)59-56-48-22-11-9-19-44(48)43-18-8-10-21-47(43)55(50)56/h3-35H,1-2H3. The quantitative estimate of drug-likeness (QED) is 0.163. The smallest absolute Gasteiger partial charge is 0.143 e. The fraction of sp³-hybridized carbons (Fsp3) is 0.0526. The summed E-state index contributed by atoms with van der Waals surface area (Å²) in [6.07, 6.45) is 0. The molecule has 1 aliphatic carbocycles.